The number of H-pyrrole nitrogens is 1. The molecule has 3 N–H and O–H groups in total. The van der Waals surface area contributed by atoms with Gasteiger partial charge in [0.1, 0.15) is 5.82 Å². The summed E-state index contributed by atoms with van der Waals surface area (Å²) >= 11 is 0. The molecule has 20 heavy (non-hydrogen) atoms. The molecule has 3 aromatic rings. The Morgan fingerprint density at radius 2 is 1.70 bits per heavy atom. The normalized spacial score (nSPS) is 10.7. The van der Waals surface area contributed by atoms with Crippen LogP contribution in [0.15, 0.2) is 48.8 Å². The zero-order chi connectivity index (χ0) is 13.9. The first kappa shape index (κ1) is 12.6. The third kappa shape index (κ3) is 2.33. The summed E-state index contributed by atoms with van der Waals surface area (Å²) in [5, 5.41) is 0. The average Bonchev–Trinajstić information content (AvgIpc) is 2.90. The molecule has 0 atom stereocenters. The molecule has 3 rings (SSSR count). The van der Waals surface area contributed by atoms with Crippen molar-refractivity contribution in [1.82, 2.24) is 15.0 Å². The summed E-state index contributed by atoms with van der Waals surface area (Å²) < 4.78 is 0. The van der Waals surface area contributed by atoms with Crippen molar-refractivity contribution in [2.75, 3.05) is 0 Å². The van der Waals surface area contributed by atoms with Gasteiger partial charge in [-0.05, 0) is 24.6 Å². The van der Waals surface area contributed by atoms with Gasteiger partial charge in [0.25, 0.3) is 0 Å². The van der Waals surface area contributed by atoms with Crippen molar-refractivity contribution in [3.63, 3.8) is 0 Å². The molecule has 0 aliphatic carbocycles. The first-order chi connectivity index (χ1) is 9.78. The van der Waals surface area contributed by atoms with Gasteiger partial charge in [0.15, 0.2) is 0 Å². The van der Waals surface area contributed by atoms with Gasteiger partial charge >= 0.3 is 0 Å². The predicted molar refractivity (Wildman–Crippen MR) is 79.9 cm³/mol. The minimum atomic E-state index is 0.555. The van der Waals surface area contributed by atoms with E-state index in [1.165, 1.54) is 0 Å². The van der Waals surface area contributed by atoms with Gasteiger partial charge in [-0.15, -0.1) is 0 Å². The number of hydrogen-bond acceptors (Lipinski definition) is 3. The Morgan fingerprint density at radius 3 is 2.35 bits per heavy atom. The largest absolute Gasteiger partial charge is 0.342 e. The van der Waals surface area contributed by atoms with Gasteiger partial charge in [-0.3, -0.25) is 4.98 Å². The second kappa shape index (κ2) is 5.27. The molecule has 1 aromatic carbocycles. The summed E-state index contributed by atoms with van der Waals surface area (Å²) in [5.41, 5.74) is 10.9. The molecule has 0 bridgehead atoms. The van der Waals surface area contributed by atoms with Crippen LogP contribution in [0, 0.1) is 6.92 Å². The molecule has 4 heteroatoms. The lowest BCUT2D eigenvalue weighted by atomic mass is 10.1. The highest BCUT2D eigenvalue weighted by atomic mass is 14.9. The van der Waals surface area contributed by atoms with Crippen molar-refractivity contribution in [2.45, 2.75) is 13.5 Å². The number of aryl methyl sites for hydroxylation is 1. The molecular weight excluding hydrogens is 248 g/mol. The highest BCUT2D eigenvalue weighted by Gasteiger charge is 2.10. The fourth-order valence-electron chi connectivity index (χ4n) is 2.19. The minimum absolute atomic E-state index is 0.555. The monoisotopic (exact) mass is 264 g/mol. The molecule has 100 valence electrons. The van der Waals surface area contributed by atoms with Crippen LogP contribution in [0.2, 0.25) is 0 Å². The highest BCUT2D eigenvalue weighted by molar-refractivity contribution is 5.66. The van der Waals surface area contributed by atoms with Crippen molar-refractivity contribution < 1.29 is 0 Å². The van der Waals surface area contributed by atoms with Gasteiger partial charge in [-0.25, -0.2) is 4.98 Å². The van der Waals surface area contributed by atoms with Crippen LogP contribution < -0.4 is 5.73 Å². The zero-order valence-electron chi connectivity index (χ0n) is 11.3. The molecule has 0 amide bonds. The molecule has 0 fully saturated rings. The van der Waals surface area contributed by atoms with E-state index in [4.69, 9.17) is 10.7 Å². The Labute approximate surface area is 117 Å². The molecule has 0 unspecified atom stereocenters. The number of benzene rings is 1. The number of nitrogens with two attached hydrogens (primary N) is 1. The molecule has 2 aromatic heterocycles. The molecule has 0 aliphatic heterocycles. The third-order valence-corrected chi connectivity index (χ3v) is 3.30. The Bertz CT molecular complexity index is 699. The lowest BCUT2D eigenvalue weighted by Gasteiger charge is -1.99. The zero-order valence-corrected chi connectivity index (χ0v) is 11.3. The van der Waals surface area contributed by atoms with E-state index in [2.05, 4.69) is 9.97 Å². The number of hydrogen-bond donors (Lipinski definition) is 2. The van der Waals surface area contributed by atoms with E-state index >= 15 is 0 Å². The van der Waals surface area contributed by atoms with Gasteiger partial charge in [-0.1, -0.05) is 24.3 Å². The van der Waals surface area contributed by atoms with E-state index < -0.39 is 0 Å². The number of imidazole rings is 1. The summed E-state index contributed by atoms with van der Waals surface area (Å²) in [7, 11) is 0. The van der Waals surface area contributed by atoms with E-state index in [0.717, 1.165) is 33.9 Å². The van der Waals surface area contributed by atoms with Crippen LogP contribution in [0.25, 0.3) is 22.6 Å². The third-order valence-electron chi connectivity index (χ3n) is 3.30. The summed E-state index contributed by atoms with van der Waals surface area (Å²) in [6, 6.07) is 12.1. The average molecular weight is 264 g/mol. The molecular formula is C16H16N4. The van der Waals surface area contributed by atoms with Crippen LogP contribution >= 0.6 is 0 Å². The number of aromatic nitrogens is 3. The predicted octanol–water partition coefficient (Wildman–Crippen LogP) is 2.91. The topological polar surface area (TPSA) is 67.6 Å². The molecule has 0 radical (unpaired) electrons. The van der Waals surface area contributed by atoms with Crippen LogP contribution in [0.3, 0.4) is 0 Å². The Morgan fingerprint density at radius 1 is 1.00 bits per heavy atom. The van der Waals surface area contributed by atoms with Crippen molar-refractivity contribution in [3.05, 3.63) is 60.0 Å². The van der Waals surface area contributed by atoms with Crippen molar-refractivity contribution in [3.8, 4) is 22.6 Å². The standard InChI is InChI=1S/C16H16N4/c1-11-15(13-6-8-18-9-7-13)20-16(19-11)14-4-2-12(10-17)3-5-14/h2-9H,10,17H2,1H3,(H,19,20). The van der Waals surface area contributed by atoms with Crippen LogP contribution in [0.5, 0.6) is 0 Å². The van der Waals surface area contributed by atoms with Gasteiger partial charge in [-0.2, -0.15) is 0 Å². The second-order valence-electron chi connectivity index (χ2n) is 4.70. The SMILES string of the molecule is Cc1[nH]c(-c2ccc(CN)cc2)nc1-c1ccncc1. The first-order valence-electron chi connectivity index (χ1n) is 6.54. The molecule has 0 spiro atoms. The van der Waals surface area contributed by atoms with Crippen molar-refractivity contribution in [1.29, 1.82) is 0 Å². The Kier molecular flexibility index (Phi) is 3.31. The fourth-order valence-corrected chi connectivity index (χ4v) is 2.19. The molecule has 0 saturated carbocycles. The molecule has 0 saturated heterocycles. The lowest BCUT2D eigenvalue weighted by molar-refractivity contribution is 1.07. The Balaban J connectivity index is 2.00. The smallest absolute Gasteiger partial charge is 0.138 e. The van der Waals surface area contributed by atoms with Crippen LogP contribution in [-0.2, 0) is 6.54 Å². The van der Waals surface area contributed by atoms with Crippen molar-refractivity contribution >= 4 is 0 Å². The minimum Gasteiger partial charge on any atom is -0.342 e. The van der Waals surface area contributed by atoms with E-state index in [1.54, 1.807) is 12.4 Å². The Hall–Kier alpha value is -2.46. The van der Waals surface area contributed by atoms with Crippen LogP contribution in [-0.4, -0.2) is 15.0 Å². The van der Waals surface area contributed by atoms with Gasteiger partial charge < -0.3 is 10.7 Å². The molecule has 4 nitrogen and oxygen atoms in total. The van der Waals surface area contributed by atoms with E-state index in [-0.39, 0.29) is 0 Å². The van der Waals surface area contributed by atoms with Crippen LogP contribution in [0.1, 0.15) is 11.3 Å². The number of nitrogens with zero attached hydrogens (tertiary/aromatic N) is 2. The second-order valence-corrected chi connectivity index (χ2v) is 4.70. The summed E-state index contributed by atoms with van der Waals surface area (Å²) in [4.78, 5) is 12.1. The maximum atomic E-state index is 5.61. The van der Waals surface area contributed by atoms with E-state index in [9.17, 15) is 0 Å². The van der Waals surface area contributed by atoms with E-state index in [1.807, 2.05) is 43.3 Å². The quantitative estimate of drug-likeness (QED) is 0.764. The summed E-state index contributed by atoms with van der Waals surface area (Å²) in [6.45, 7) is 2.58. The van der Waals surface area contributed by atoms with Gasteiger partial charge in [0, 0.05) is 35.8 Å². The number of rotatable bonds is 3. The maximum Gasteiger partial charge on any atom is 0.138 e. The van der Waals surface area contributed by atoms with Crippen molar-refractivity contribution in [2.24, 2.45) is 5.73 Å². The molecule has 0 aliphatic rings. The van der Waals surface area contributed by atoms with Crippen LogP contribution in [0.4, 0.5) is 0 Å². The highest BCUT2D eigenvalue weighted by Crippen LogP contribution is 2.25. The lowest BCUT2D eigenvalue weighted by Crippen LogP contribution is -1.95. The molecule has 2 heterocycles. The van der Waals surface area contributed by atoms with Gasteiger partial charge in [0.2, 0.25) is 0 Å². The maximum absolute atomic E-state index is 5.61. The van der Waals surface area contributed by atoms with Gasteiger partial charge in [0.05, 0.1) is 5.69 Å². The first-order valence-corrected chi connectivity index (χ1v) is 6.54. The summed E-state index contributed by atoms with van der Waals surface area (Å²) in [5.74, 6) is 0.873. The summed E-state index contributed by atoms with van der Waals surface area (Å²) in [6.07, 6.45) is 3.55. The fraction of sp³-hybridized carbons (Fsp3) is 0.125. The number of pyridine rings is 1. The number of nitrogens with one attached hydrogen (secondary N) is 1. The number of aromatic amines is 1. The van der Waals surface area contributed by atoms with E-state index in [0.29, 0.717) is 6.54 Å².